The summed E-state index contributed by atoms with van der Waals surface area (Å²) in [4.78, 5) is 9.28. The number of guanidine groups is 1. The van der Waals surface area contributed by atoms with Crippen LogP contribution in [0, 0.1) is 0 Å². The van der Waals surface area contributed by atoms with E-state index in [0.29, 0.717) is 0 Å². The molecule has 0 saturated heterocycles. The van der Waals surface area contributed by atoms with E-state index in [-0.39, 0.29) is 0 Å². The molecule has 0 saturated carbocycles. The Kier molecular flexibility index (Phi) is 11.9. The molecule has 0 aromatic heterocycles. The maximum absolute atomic E-state index is 4.80. The molecule has 0 bridgehead atoms. The van der Waals surface area contributed by atoms with Gasteiger partial charge in [-0.3, -0.25) is 4.99 Å². The SMILES string of the molecule is CCCCCCCCCN=C(N(C)C)N(C)C[SiH](C)C. The average Bonchev–Trinajstić information content (AvgIpc) is 2.35. The maximum Gasteiger partial charge on any atom is 0.195 e. The Morgan fingerprint density at radius 2 is 1.45 bits per heavy atom. The van der Waals surface area contributed by atoms with Crippen molar-refractivity contribution in [2.75, 3.05) is 33.9 Å². The molecule has 20 heavy (non-hydrogen) atoms. The summed E-state index contributed by atoms with van der Waals surface area (Å²) in [5.74, 6) is 1.15. The fourth-order valence-corrected chi connectivity index (χ4v) is 3.74. The highest BCUT2D eigenvalue weighted by atomic mass is 28.3. The second-order valence-corrected chi connectivity index (χ2v) is 9.62. The Labute approximate surface area is 129 Å². The lowest BCUT2D eigenvalue weighted by atomic mass is 10.1. The first-order chi connectivity index (χ1) is 9.49. The highest BCUT2D eigenvalue weighted by Gasteiger charge is 2.10. The van der Waals surface area contributed by atoms with E-state index in [9.17, 15) is 0 Å². The van der Waals surface area contributed by atoms with Gasteiger partial charge < -0.3 is 9.80 Å². The van der Waals surface area contributed by atoms with Gasteiger partial charge in [0.2, 0.25) is 0 Å². The van der Waals surface area contributed by atoms with Crippen LogP contribution in [0.4, 0.5) is 0 Å². The fourth-order valence-electron chi connectivity index (χ4n) is 2.48. The summed E-state index contributed by atoms with van der Waals surface area (Å²) in [5, 5.41) is 0. The van der Waals surface area contributed by atoms with Gasteiger partial charge in [-0.2, -0.15) is 0 Å². The van der Waals surface area contributed by atoms with Crippen molar-refractivity contribution in [2.24, 2.45) is 4.99 Å². The molecule has 0 atom stereocenters. The summed E-state index contributed by atoms with van der Waals surface area (Å²) >= 11 is 0. The molecule has 0 heterocycles. The van der Waals surface area contributed by atoms with Crippen molar-refractivity contribution >= 4 is 14.8 Å². The number of unbranched alkanes of at least 4 members (excludes halogenated alkanes) is 6. The highest BCUT2D eigenvalue weighted by molar-refractivity contribution is 6.56. The van der Waals surface area contributed by atoms with E-state index in [1.807, 2.05) is 0 Å². The molecule has 120 valence electrons. The monoisotopic (exact) mass is 299 g/mol. The van der Waals surface area contributed by atoms with Gasteiger partial charge in [0.1, 0.15) is 0 Å². The van der Waals surface area contributed by atoms with Gasteiger partial charge in [0.25, 0.3) is 0 Å². The molecule has 0 aromatic carbocycles. The number of nitrogens with zero attached hydrogens (tertiary/aromatic N) is 3. The average molecular weight is 300 g/mol. The van der Waals surface area contributed by atoms with Crippen LogP contribution in [0.3, 0.4) is 0 Å². The molecule has 0 N–H and O–H groups in total. The summed E-state index contributed by atoms with van der Waals surface area (Å²) in [5.41, 5.74) is 0. The quantitative estimate of drug-likeness (QED) is 0.266. The maximum atomic E-state index is 4.80. The molecule has 0 aliphatic carbocycles. The molecule has 0 spiro atoms. The minimum atomic E-state index is -0.571. The Morgan fingerprint density at radius 1 is 0.900 bits per heavy atom. The zero-order valence-corrected chi connectivity index (χ0v) is 15.9. The van der Waals surface area contributed by atoms with Crippen molar-refractivity contribution in [1.82, 2.24) is 9.80 Å². The number of hydrogen-bond donors (Lipinski definition) is 0. The van der Waals surface area contributed by atoms with Gasteiger partial charge >= 0.3 is 0 Å². The van der Waals surface area contributed by atoms with E-state index in [1.165, 1.54) is 51.1 Å². The molecule has 0 rings (SSSR count). The van der Waals surface area contributed by atoms with Crippen molar-refractivity contribution in [3.05, 3.63) is 0 Å². The van der Waals surface area contributed by atoms with E-state index >= 15 is 0 Å². The Morgan fingerprint density at radius 3 is 1.95 bits per heavy atom. The van der Waals surface area contributed by atoms with Gasteiger partial charge in [-0.1, -0.05) is 58.5 Å². The topological polar surface area (TPSA) is 18.8 Å². The van der Waals surface area contributed by atoms with Crippen molar-refractivity contribution in [3.8, 4) is 0 Å². The van der Waals surface area contributed by atoms with Crippen molar-refractivity contribution in [1.29, 1.82) is 0 Å². The molecule has 4 heteroatoms. The second kappa shape index (κ2) is 12.2. The summed E-state index contributed by atoms with van der Waals surface area (Å²) in [6.07, 6.45) is 10.7. The van der Waals surface area contributed by atoms with Crippen LogP contribution in [0.15, 0.2) is 4.99 Å². The lowest BCUT2D eigenvalue weighted by Crippen LogP contribution is -2.42. The standard InChI is InChI=1S/C16H37N3Si/c1-7-8-9-10-11-12-13-14-17-16(18(2)3)19(4)15-20(5)6/h20H,7-15H2,1-6H3. The normalized spacial score (nSPS) is 12.1. The number of rotatable bonds is 10. The van der Waals surface area contributed by atoms with E-state index in [2.05, 4.69) is 51.0 Å². The molecular formula is C16H37N3Si. The predicted octanol–water partition coefficient (Wildman–Crippen LogP) is 3.61. The molecule has 0 radical (unpaired) electrons. The minimum Gasteiger partial charge on any atom is -0.349 e. The smallest absolute Gasteiger partial charge is 0.195 e. The van der Waals surface area contributed by atoms with Gasteiger partial charge in [-0.15, -0.1) is 0 Å². The Hall–Kier alpha value is -0.513. The van der Waals surface area contributed by atoms with Crippen LogP contribution in [-0.2, 0) is 0 Å². The van der Waals surface area contributed by atoms with Crippen LogP contribution >= 0.6 is 0 Å². The van der Waals surface area contributed by atoms with E-state index < -0.39 is 8.80 Å². The van der Waals surface area contributed by atoms with E-state index in [4.69, 9.17) is 4.99 Å². The summed E-state index contributed by atoms with van der Waals surface area (Å²) < 4.78 is 0. The van der Waals surface area contributed by atoms with Gasteiger partial charge in [-0.05, 0) is 6.42 Å². The second-order valence-electron chi connectivity index (χ2n) is 6.47. The van der Waals surface area contributed by atoms with Crippen LogP contribution in [0.2, 0.25) is 13.1 Å². The number of aliphatic imine (C=N–C) groups is 1. The molecule has 3 nitrogen and oxygen atoms in total. The zero-order valence-electron chi connectivity index (χ0n) is 14.8. The fraction of sp³-hybridized carbons (Fsp3) is 0.938. The highest BCUT2D eigenvalue weighted by Crippen LogP contribution is 2.07. The Balaban J connectivity index is 3.92. The molecule has 0 fully saturated rings. The summed E-state index contributed by atoms with van der Waals surface area (Å²) in [7, 11) is 5.80. The Bertz CT molecular complexity index is 252. The summed E-state index contributed by atoms with van der Waals surface area (Å²) in [6.45, 7) is 8.03. The summed E-state index contributed by atoms with van der Waals surface area (Å²) in [6, 6.07) is 0. The molecule has 0 amide bonds. The van der Waals surface area contributed by atoms with Crippen LogP contribution in [0.25, 0.3) is 0 Å². The lowest BCUT2D eigenvalue weighted by Gasteiger charge is -2.27. The van der Waals surface area contributed by atoms with Gasteiger partial charge in [-0.25, -0.2) is 0 Å². The van der Waals surface area contributed by atoms with E-state index in [0.717, 1.165) is 12.5 Å². The van der Waals surface area contributed by atoms with Gasteiger partial charge in [0.15, 0.2) is 5.96 Å². The third-order valence-electron chi connectivity index (χ3n) is 3.40. The van der Waals surface area contributed by atoms with Crippen LogP contribution in [-0.4, -0.2) is 58.4 Å². The lowest BCUT2D eigenvalue weighted by molar-refractivity contribution is 0.462. The third kappa shape index (κ3) is 10.3. The molecule has 0 unspecified atom stereocenters. The van der Waals surface area contributed by atoms with Crippen molar-refractivity contribution < 1.29 is 0 Å². The first-order valence-electron chi connectivity index (χ1n) is 8.41. The van der Waals surface area contributed by atoms with Gasteiger partial charge in [0, 0.05) is 33.9 Å². The molecule has 0 aliphatic rings. The van der Waals surface area contributed by atoms with E-state index in [1.54, 1.807) is 0 Å². The molecular weight excluding hydrogens is 262 g/mol. The first-order valence-corrected chi connectivity index (χ1v) is 11.5. The van der Waals surface area contributed by atoms with Crippen LogP contribution in [0.5, 0.6) is 0 Å². The van der Waals surface area contributed by atoms with Crippen LogP contribution < -0.4 is 0 Å². The largest absolute Gasteiger partial charge is 0.349 e. The number of hydrogen-bond acceptors (Lipinski definition) is 1. The van der Waals surface area contributed by atoms with Crippen molar-refractivity contribution in [3.63, 3.8) is 0 Å². The molecule has 0 aromatic rings. The van der Waals surface area contributed by atoms with Crippen LogP contribution in [0.1, 0.15) is 51.9 Å². The van der Waals surface area contributed by atoms with Crippen molar-refractivity contribution in [2.45, 2.75) is 65.0 Å². The third-order valence-corrected chi connectivity index (χ3v) is 4.67. The van der Waals surface area contributed by atoms with Gasteiger partial charge in [0.05, 0.1) is 8.80 Å². The molecule has 0 aliphatic heterocycles. The first kappa shape index (κ1) is 19.5. The predicted molar refractivity (Wildman–Crippen MR) is 95.5 cm³/mol. The minimum absolute atomic E-state index is 0.571. The zero-order chi connectivity index (χ0) is 15.4.